The first-order valence-corrected chi connectivity index (χ1v) is 8.39. The van der Waals surface area contributed by atoms with Crippen LogP contribution in [0.5, 0.6) is 0 Å². The number of amides is 2. The molecule has 3 rings (SSSR count). The van der Waals surface area contributed by atoms with E-state index in [0.29, 0.717) is 19.6 Å². The minimum Gasteiger partial charge on any atom is -0.338 e. The topological polar surface area (TPSA) is 40.6 Å². The van der Waals surface area contributed by atoms with E-state index >= 15 is 0 Å². The van der Waals surface area contributed by atoms with E-state index in [-0.39, 0.29) is 18.2 Å². The molecule has 2 aromatic carbocycles. The molecule has 0 saturated carbocycles. The number of para-hydroxylation sites is 1. The number of hydrogen-bond acceptors (Lipinski definition) is 2. The van der Waals surface area contributed by atoms with Gasteiger partial charge in [0.15, 0.2) is 0 Å². The van der Waals surface area contributed by atoms with E-state index in [4.69, 9.17) is 0 Å². The van der Waals surface area contributed by atoms with Gasteiger partial charge in [0.1, 0.15) is 6.42 Å². The summed E-state index contributed by atoms with van der Waals surface area (Å²) in [5.41, 5.74) is 3.31. The molecule has 0 aromatic heterocycles. The lowest BCUT2D eigenvalue weighted by Crippen LogP contribution is -2.40. The molecule has 0 saturated heterocycles. The number of nitrogens with zero attached hydrogens (tertiary/aromatic N) is 2. The largest absolute Gasteiger partial charge is 0.338 e. The van der Waals surface area contributed by atoms with Gasteiger partial charge in [-0.1, -0.05) is 42.5 Å². The van der Waals surface area contributed by atoms with Crippen LogP contribution in [0.25, 0.3) is 0 Å². The Morgan fingerprint density at radius 1 is 1.00 bits per heavy atom. The van der Waals surface area contributed by atoms with Crippen molar-refractivity contribution in [2.75, 3.05) is 18.0 Å². The van der Waals surface area contributed by atoms with E-state index in [0.717, 1.165) is 12.1 Å². The molecule has 0 radical (unpaired) electrons. The van der Waals surface area contributed by atoms with Crippen LogP contribution in [0.3, 0.4) is 0 Å². The van der Waals surface area contributed by atoms with Crippen molar-refractivity contribution in [2.45, 2.75) is 26.3 Å². The van der Waals surface area contributed by atoms with Crippen LogP contribution in [0.1, 0.15) is 24.5 Å². The van der Waals surface area contributed by atoms with Crippen LogP contribution in [0.2, 0.25) is 0 Å². The van der Waals surface area contributed by atoms with Crippen molar-refractivity contribution < 1.29 is 9.59 Å². The first-order valence-electron chi connectivity index (χ1n) is 8.39. The Morgan fingerprint density at radius 2 is 1.67 bits per heavy atom. The maximum absolute atomic E-state index is 12.6. The lowest BCUT2D eigenvalue weighted by Gasteiger charge is -2.29. The maximum Gasteiger partial charge on any atom is 0.236 e. The average molecular weight is 322 g/mol. The van der Waals surface area contributed by atoms with Crippen molar-refractivity contribution in [1.82, 2.24) is 4.90 Å². The number of fused-ring (bicyclic) bond motifs is 1. The predicted molar refractivity (Wildman–Crippen MR) is 94.6 cm³/mol. The zero-order chi connectivity index (χ0) is 16.9. The minimum absolute atomic E-state index is 0.0785. The van der Waals surface area contributed by atoms with Gasteiger partial charge in [-0.15, -0.1) is 0 Å². The lowest BCUT2D eigenvalue weighted by molar-refractivity contribution is -0.136. The van der Waals surface area contributed by atoms with Gasteiger partial charge in [0, 0.05) is 25.3 Å². The Labute approximate surface area is 142 Å². The third-order valence-corrected chi connectivity index (χ3v) is 4.47. The highest BCUT2D eigenvalue weighted by atomic mass is 16.2. The smallest absolute Gasteiger partial charge is 0.236 e. The summed E-state index contributed by atoms with van der Waals surface area (Å²) < 4.78 is 0. The Kier molecular flexibility index (Phi) is 4.94. The lowest BCUT2D eigenvalue weighted by atomic mass is 10.00. The summed E-state index contributed by atoms with van der Waals surface area (Å²) >= 11 is 0. The van der Waals surface area contributed by atoms with Crippen LogP contribution >= 0.6 is 0 Å². The molecule has 0 bridgehead atoms. The Balaban J connectivity index is 1.65. The average Bonchev–Trinajstić information content (AvgIpc) is 2.62. The predicted octanol–water partition coefficient (Wildman–Crippen LogP) is 3.01. The van der Waals surface area contributed by atoms with Gasteiger partial charge in [0.05, 0.1) is 0 Å². The first-order chi connectivity index (χ1) is 11.7. The van der Waals surface area contributed by atoms with E-state index < -0.39 is 0 Å². The van der Waals surface area contributed by atoms with Gasteiger partial charge in [-0.25, -0.2) is 0 Å². The second-order valence-electron chi connectivity index (χ2n) is 5.98. The molecule has 2 amide bonds. The summed E-state index contributed by atoms with van der Waals surface area (Å²) in [5, 5.41) is 0. The molecule has 1 heterocycles. The molecule has 0 aliphatic carbocycles. The van der Waals surface area contributed by atoms with E-state index in [1.54, 1.807) is 9.80 Å². The third kappa shape index (κ3) is 3.48. The normalized spacial score (nSPS) is 13.3. The summed E-state index contributed by atoms with van der Waals surface area (Å²) in [5.74, 6) is -0.239. The second kappa shape index (κ2) is 7.30. The molecule has 0 spiro atoms. The van der Waals surface area contributed by atoms with Crippen molar-refractivity contribution in [3.05, 3.63) is 65.7 Å². The van der Waals surface area contributed by atoms with Crippen LogP contribution in [-0.2, 0) is 22.6 Å². The van der Waals surface area contributed by atoms with Crippen LogP contribution in [0, 0.1) is 0 Å². The van der Waals surface area contributed by atoms with Crippen molar-refractivity contribution in [1.29, 1.82) is 0 Å². The third-order valence-electron chi connectivity index (χ3n) is 4.47. The highest BCUT2D eigenvalue weighted by molar-refractivity contribution is 6.05. The number of anilines is 1. The Morgan fingerprint density at radius 3 is 2.38 bits per heavy atom. The highest BCUT2D eigenvalue weighted by Crippen LogP contribution is 2.20. The summed E-state index contributed by atoms with van der Waals surface area (Å²) in [7, 11) is 0. The van der Waals surface area contributed by atoms with Crippen molar-refractivity contribution >= 4 is 17.5 Å². The van der Waals surface area contributed by atoms with E-state index in [1.165, 1.54) is 11.1 Å². The standard InChI is InChI=1S/C20H22N2O2/c1-2-22(18-10-4-3-5-11-18)20(24)14-19(23)21-13-12-16-8-6-7-9-17(16)15-21/h3-11H,2,12-15H2,1H3. The summed E-state index contributed by atoms with van der Waals surface area (Å²) in [4.78, 5) is 28.6. The monoisotopic (exact) mass is 322 g/mol. The zero-order valence-electron chi connectivity index (χ0n) is 13.9. The Hall–Kier alpha value is -2.62. The molecule has 1 aliphatic heterocycles. The molecular formula is C20H22N2O2. The van der Waals surface area contributed by atoms with Crippen LogP contribution < -0.4 is 4.90 Å². The molecule has 2 aromatic rings. The second-order valence-corrected chi connectivity index (χ2v) is 5.98. The summed E-state index contributed by atoms with van der Waals surface area (Å²) in [6.45, 7) is 3.76. The van der Waals surface area contributed by atoms with E-state index in [2.05, 4.69) is 12.1 Å². The van der Waals surface area contributed by atoms with E-state index in [9.17, 15) is 9.59 Å². The number of carbonyl (C=O) groups excluding carboxylic acids is 2. The number of benzene rings is 2. The van der Waals surface area contributed by atoms with Crippen LogP contribution in [0.15, 0.2) is 54.6 Å². The van der Waals surface area contributed by atoms with Gasteiger partial charge in [0.25, 0.3) is 0 Å². The van der Waals surface area contributed by atoms with Gasteiger partial charge in [-0.2, -0.15) is 0 Å². The van der Waals surface area contributed by atoms with Crippen molar-refractivity contribution in [3.63, 3.8) is 0 Å². The van der Waals surface area contributed by atoms with Gasteiger partial charge < -0.3 is 9.80 Å². The molecule has 24 heavy (non-hydrogen) atoms. The molecule has 1 aliphatic rings. The van der Waals surface area contributed by atoms with Crippen LogP contribution in [-0.4, -0.2) is 29.8 Å². The zero-order valence-corrected chi connectivity index (χ0v) is 13.9. The molecule has 0 N–H and O–H groups in total. The molecule has 4 heteroatoms. The fourth-order valence-electron chi connectivity index (χ4n) is 3.16. The van der Waals surface area contributed by atoms with E-state index in [1.807, 2.05) is 49.4 Å². The fraction of sp³-hybridized carbons (Fsp3) is 0.300. The van der Waals surface area contributed by atoms with Gasteiger partial charge in [-0.05, 0) is 36.6 Å². The van der Waals surface area contributed by atoms with Crippen molar-refractivity contribution in [2.24, 2.45) is 0 Å². The van der Waals surface area contributed by atoms with Gasteiger partial charge >= 0.3 is 0 Å². The summed E-state index contributed by atoms with van der Waals surface area (Å²) in [6, 6.07) is 17.7. The number of hydrogen-bond donors (Lipinski definition) is 0. The Bertz CT molecular complexity index is 727. The quantitative estimate of drug-likeness (QED) is 0.812. The minimum atomic E-state index is -0.146. The van der Waals surface area contributed by atoms with Gasteiger partial charge in [-0.3, -0.25) is 9.59 Å². The van der Waals surface area contributed by atoms with Crippen LogP contribution in [0.4, 0.5) is 5.69 Å². The maximum atomic E-state index is 12.6. The molecular weight excluding hydrogens is 300 g/mol. The molecule has 0 fully saturated rings. The molecule has 0 atom stereocenters. The highest BCUT2D eigenvalue weighted by Gasteiger charge is 2.24. The number of rotatable bonds is 4. The first kappa shape index (κ1) is 16.2. The molecule has 124 valence electrons. The van der Waals surface area contributed by atoms with Crippen molar-refractivity contribution in [3.8, 4) is 0 Å². The van der Waals surface area contributed by atoms with Gasteiger partial charge in [0.2, 0.25) is 11.8 Å². The molecule has 0 unspecified atom stereocenters. The number of carbonyl (C=O) groups is 2. The fourth-order valence-corrected chi connectivity index (χ4v) is 3.16. The molecule has 4 nitrogen and oxygen atoms in total. The SMILES string of the molecule is CCN(C(=O)CC(=O)N1CCc2ccccc2C1)c1ccccc1. The summed E-state index contributed by atoms with van der Waals surface area (Å²) in [6.07, 6.45) is 0.775.